The van der Waals surface area contributed by atoms with Crippen molar-refractivity contribution in [1.29, 1.82) is 10.5 Å². The van der Waals surface area contributed by atoms with Crippen LogP contribution in [0.2, 0.25) is 0 Å². The van der Waals surface area contributed by atoms with Crippen LogP contribution in [0.25, 0.3) is 0 Å². The molecule has 0 rings (SSSR count). The summed E-state index contributed by atoms with van der Waals surface area (Å²) in [7, 11) is 0. The summed E-state index contributed by atoms with van der Waals surface area (Å²) in [4.78, 5) is 0. The molecule has 2 nitrogen and oxygen atoms in total. The number of rotatable bonds is 2. The van der Waals surface area contributed by atoms with Crippen molar-refractivity contribution in [1.82, 2.24) is 0 Å². The number of hydrogen-bond donors (Lipinski definition) is 0. The van der Waals surface area contributed by atoms with Gasteiger partial charge in [-0.2, -0.15) is 10.5 Å². The predicted molar refractivity (Wildman–Crippen MR) is 40.5 cm³/mol. The fourth-order valence-electron chi connectivity index (χ4n) is 0.608. The first kappa shape index (κ1) is 9.10. The van der Waals surface area contributed by atoms with Crippen LogP contribution in [0.15, 0.2) is 0 Å². The third kappa shape index (κ3) is 2.45. The first-order valence-electron chi connectivity index (χ1n) is 2.99. The van der Waals surface area contributed by atoms with E-state index in [0.29, 0.717) is 0 Å². The molecule has 2 atom stereocenters. The van der Waals surface area contributed by atoms with Gasteiger partial charge < -0.3 is 0 Å². The molecule has 0 N–H and O–H groups in total. The Kier molecular flexibility index (Phi) is 4.08. The van der Waals surface area contributed by atoms with E-state index in [1.807, 2.05) is 12.1 Å². The Morgan fingerprint density at radius 1 is 1.18 bits per heavy atom. The van der Waals surface area contributed by atoms with Crippen molar-refractivity contribution in [3.63, 3.8) is 0 Å². The lowest BCUT2D eigenvalue weighted by Crippen LogP contribution is -2.08. The highest BCUT2D eigenvalue weighted by molar-refractivity contribution is 5.14. The Morgan fingerprint density at radius 3 is 2.09 bits per heavy atom. The smallest absolute Gasteiger partial charge is 0.123 e. The Balaban J connectivity index is 4.33. The van der Waals surface area contributed by atoms with Crippen LogP contribution in [0.3, 0.4) is 0 Å². The standard InChI is InChI=1S/C9H6N2/c1-3-5-9(7-11)8(4-2)6-10/h1-2,8-9H,5H2. The quantitative estimate of drug-likeness (QED) is 0.538. The number of hydrogen-bond acceptors (Lipinski definition) is 2. The predicted octanol–water partition coefficient (Wildman–Crippen LogP) is 0.922. The number of nitrogens with zero attached hydrogens (tertiary/aromatic N) is 2. The third-order valence-corrected chi connectivity index (χ3v) is 1.22. The zero-order valence-electron chi connectivity index (χ0n) is 5.91. The molecule has 11 heavy (non-hydrogen) atoms. The molecular weight excluding hydrogens is 136 g/mol. The average Bonchev–Trinajstić information content (AvgIpc) is 2.05. The van der Waals surface area contributed by atoms with Crippen LogP contribution in [0.4, 0.5) is 0 Å². The second-order valence-electron chi connectivity index (χ2n) is 1.92. The summed E-state index contributed by atoms with van der Waals surface area (Å²) in [6.07, 6.45) is 10.2. The molecule has 0 aromatic heterocycles. The normalized spacial score (nSPS) is 12.7. The van der Waals surface area contributed by atoms with Gasteiger partial charge in [-0.15, -0.1) is 18.8 Å². The molecule has 0 aromatic rings. The zero-order valence-corrected chi connectivity index (χ0v) is 5.91. The molecule has 0 bridgehead atoms. The summed E-state index contributed by atoms with van der Waals surface area (Å²) in [6.45, 7) is 0. The van der Waals surface area contributed by atoms with Gasteiger partial charge in [0, 0.05) is 6.42 Å². The van der Waals surface area contributed by atoms with Gasteiger partial charge in [0.2, 0.25) is 0 Å². The van der Waals surface area contributed by atoms with Crippen molar-refractivity contribution in [2.75, 3.05) is 0 Å². The highest BCUT2D eigenvalue weighted by Gasteiger charge is 2.16. The summed E-state index contributed by atoms with van der Waals surface area (Å²) >= 11 is 0. The first-order valence-corrected chi connectivity index (χ1v) is 2.99. The molecule has 0 aliphatic rings. The monoisotopic (exact) mass is 142 g/mol. The molecule has 0 aliphatic carbocycles. The van der Waals surface area contributed by atoms with Gasteiger partial charge in [0.25, 0.3) is 0 Å². The maximum Gasteiger partial charge on any atom is 0.123 e. The molecule has 0 aliphatic heterocycles. The Labute approximate surface area is 66.4 Å². The Morgan fingerprint density at radius 2 is 1.82 bits per heavy atom. The molecule has 0 fully saturated rings. The van der Waals surface area contributed by atoms with Crippen molar-refractivity contribution in [2.24, 2.45) is 11.8 Å². The molecule has 0 saturated carbocycles. The van der Waals surface area contributed by atoms with Crippen LogP contribution in [0.1, 0.15) is 6.42 Å². The van der Waals surface area contributed by atoms with E-state index in [4.69, 9.17) is 23.4 Å². The molecule has 0 aromatic carbocycles. The summed E-state index contributed by atoms with van der Waals surface area (Å²) < 4.78 is 0. The van der Waals surface area contributed by atoms with E-state index in [9.17, 15) is 0 Å². The van der Waals surface area contributed by atoms with Crippen molar-refractivity contribution < 1.29 is 0 Å². The minimum atomic E-state index is -0.684. The lowest BCUT2D eigenvalue weighted by atomic mass is 9.93. The maximum absolute atomic E-state index is 8.50. The van der Waals surface area contributed by atoms with Crippen molar-refractivity contribution in [3.8, 4) is 36.8 Å². The van der Waals surface area contributed by atoms with Crippen LogP contribution in [0, 0.1) is 59.2 Å². The van der Waals surface area contributed by atoms with Crippen LogP contribution >= 0.6 is 0 Å². The largest absolute Gasteiger partial charge is 0.198 e. The maximum atomic E-state index is 8.50. The summed E-state index contributed by atoms with van der Waals surface area (Å²) in [5, 5.41) is 16.9. The van der Waals surface area contributed by atoms with Crippen molar-refractivity contribution >= 4 is 0 Å². The number of terminal acetylenes is 2. The molecule has 0 radical (unpaired) electrons. The van der Waals surface area contributed by atoms with E-state index in [-0.39, 0.29) is 6.42 Å². The molecule has 0 saturated heterocycles. The van der Waals surface area contributed by atoms with Crippen LogP contribution in [-0.2, 0) is 0 Å². The van der Waals surface area contributed by atoms with Crippen LogP contribution in [0.5, 0.6) is 0 Å². The topological polar surface area (TPSA) is 47.6 Å². The van der Waals surface area contributed by atoms with E-state index in [2.05, 4.69) is 11.8 Å². The lowest BCUT2D eigenvalue weighted by Gasteiger charge is -2.03. The fourth-order valence-corrected chi connectivity index (χ4v) is 0.608. The summed E-state index contributed by atoms with van der Waals surface area (Å²) in [5.41, 5.74) is 0. The van der Waals surface area contributed by atoms with Gasteiger partial charge in [-0.1, -0.05) is 5.92 Å². The molecule has 2 heteroatoms. The summed E-state index contributed by atoms with van der Waals surface area (Å²) in [5.74, 6) is 3.29. The highest BCUT2D eigenvalue weighted by atomic mass is 14.3. The lowest BCUT2D eigenvalue weighted by molar-refractivity contribution is 0.611. The SMILES string of the molecule is C#CCC(C#N)C(C#C)C#N. The van der Waals surface area contributed by atoms with Crippen molar-refractivity contribution in [3.05, 3.63) is 0 Å². The number of nitriles is 2. The average molecular weight is 142 g/mol. The highest BCUT2D eigenvalue weighted by Crippen LogP contribution is 2.12. The van der Waals surface area contributed by atoms with Gasteiger partial charge in [-0.05, 0) is 0 Å². The second kappa shape index (κ2) is 4.93. The van der Waals surface area contributed by atoms with Crippen LogP contribution in [-0.4, -0.2) is 0 Å². The van der Waals surface area contributed by atoms with Gasteiger partial charge >= 0.3 is 0 Å². The molecule has 0 heterocycles. The van der Waals surface area contributed by atoms with Gasteiger partial charge in [-0.3, -0.25) is 0 Å². The zero-order chi connectivity index (χ0) is 8.69. The van der Waals surface area contributed by atoms with E-state index >= 15 is 0 Å². The fraction of sp³-hybridized carbons (Fsp3) is 0.333. The minimum Gasteiger partial charge on any atom is -0.198 e. The van der Waals surface area contributed by atoms with E-state index in [0.717, 1.165) is 0 Å². The van der Waals surface area contributed by atoms with Gasteiger partial charge in [0.15, 0.2) is 0 Å². The van der Waals surface area contributed by atoms with Gasteiger partial charge in [-0.25, -0.2) is 0 Å². The third-order valence-electron chi connectivity index (χ3n) is 1.22. The second-order valence-corrected chi connectivity index (χ2v) is 1.92. The van der Waals surface area contributed by atoms with E-state index in [1.54, 1.807) is 0 Å². The van der Waals surface area contributed by atoms with Crippen LogP contribution < -0.4 is 0 Å². The first-order chi connectivity index (χ1) is 5.29. The Bertz CT molecular complexity index is 263. The van der Waals surface area contributed by atoms with E-state index in [1.165, 1.54) is 0 Å². The molecule has 52 valence electrons. The summed E-state index contributed by atoms with van der Waals surface area (Å²) in [6, 6.07) is 3.73. The minimum absolute atomic E-state index is 0.235. The van der Waals surface area contributed by atoms with Gasteiger partial charge in [0.1, 0.15) is 5.92 Å². The molecule has 0 spiro atoms. The van der Waals surface area contributed by atoms with E-state index < -0.39 is 11.8 Å². The molecule has 2 unspecified atom stereocenters. The van der Waals surface area contributed by atoms with Crippen molar-refractivity contribution in [2.45, 2.75) is 6.42 Å². The Hall–Kier alpha value is -1.90. The molecule has 0 amide bonds. The van der Waals surface area contributed by atoms with Gasteiger partial charge in [0.05, 0.1) is 18.1 Å². The molecular formula is C9H6N2.